The van der Waals surface area contributed by atoms with Gasteiger partial charge in [-0.05, 0) is 37.3 Å². The number of ether oxygens (including phenoxy) is 4. The zero-order valence-corrected chi connectivity index (χ0v) is 18.4. The van der Waals surface area contributed by atoms with Crippen LogP contribution in [0, 0.1) is 0 Å². The predicted molar refractivity (Wildman–Crippen MR) is 117 cm³/mol. The Bertz CT molecular complexity index is 988. The number of carbonyl (C=O) groups is 3. The molecule has 1 aliphatic carbocycles. The maximum atomic E-state index is 12.6. The van der Waals surface area contributed by atoms with Crippen molar-refractivity contribution in [2.45, 2.75) is 37.8 Å². The molecule has 8 nitrogen and oxygen atoms in total. The topological polar surface area (TPSA) is 108 Å². The lowest BCUT2D eigenvalue weighted by molar-refractivity contribution is -0.212. The van der Waals surface area contributed by atoms with Gasteiger partial charge in [-0.1, -0.05) is 42.5 Å². The summed E-state index contributed by atoms with van der Waals surface area (Å²) in [4.78, 5) is 37.0. The molecule has 2 aromatic carbocycles. The Balaban J connectivity index is 1.87. The van der Waals surface area contributed by atoms with Crippen molar-refractivity contribution in [2.24, 2.45) is 0 Å². The Morgan fingerprint density at radius 3 is 2.00 bits per heavy atom. The number of esters is 3. The minimum Gasteiger partial charge on any atom is -0.459 e. The lowest BCUT2D eigenvalue weighted by Gasteiger charge is -2.44. The van der Waals surface area contributed by atoms with Gasteiger partial charge in [-0.25, -0.2) is 9.59 Å². The SMILES string of the molecule is CCO[C@H]1C=C[C@@H](OC(=O)c2ccccc2)[C@H](OC(C)=O)[C@@]1(O)COC(=O)c1ccccc1. The van der Waals surface area contributed by atoms with Crippen LogP contribution >= 0.6 is 0 Å². The second-order valence-corrected chi connectivity index (χ2v) is 7.46. The maximum absolute atomic E-state index is 12.6. The van der Waals surface area contributed by atoms with E-state index in [1.165, 1.54) is 19.1 Å². The number of hydrogen-bond acceptors (Lipinski definition) is 8. The molecule has 0 unspecified atom stereocenters. The molecular weight excluding hydrogens is 428 g/mol. The van der Waals surface area contributed by atoms with Crippen LogP contribution in [0.4, 0.5) is 0 Å². The molecule has 1 aliphatic rings. The molecule has 174 valence electrons. The first-order valence-corrected chi connectivity index (χ1v) is 10.5. The molecule has 1 N–H and O–H groups in total. The van der Waals surface area contributed by atoms with E-state index in [0.29, 0.717) is 5.56 Å². The minimum atomic E-state index is -2.01. The first-order chi connectivity index (χ1) is 15.8. The Labute approximate surface area is 191 Å². The van der Waals surface area contributed by atoms with Gasteiger partial charge in [-0.3, -0.25) is 4.79 Å². The van der Waals surface area contributed by atoms with Gasteiger partial charge in [0.05, 0.1) is 11.1 Å². The Morgan fingerprint density at radius 1 is 0.879 bits per heavy atom. The summed E-state index contributed by atoms with van der Waals surface area (Å²) >= 11 is 0. The van der Waals surface area contributed by atoms with Gasteiger partial charge < -0.3 is 24.1 Å². The Hall–Kier alpha value is -3.49. The fourth-order valence-corrected chi connectivity index (χ4v) is 3.52. The third kappa shape index (κ3) is 5.85. The van der Waals surface area contributed by atoms with E-state index in [4.69, 9.17) is 18.9 Å². The Kier molecular flexibility index (Phi) is 7.97. The standard InChI is InChI=1S/C25H26O8/c1-3-30-21-15-14-20(33-24(28)19-12-8-5-9-13-19)22(32-17(2)26)25(21,29)16-31-23(27)18-10-6-4-7-11-18/h4-15,20-22,29H,3,16H2,1-2H3/t20-,21+,22+,25-/m1/s1. The summed E-state index contributed by atoms with van der Waals surface area (Å²) in [5.74, 6) is -2.05. The van der Waals surface area contributed by atoms with E-state index in [1.54, 1.807) is 67.6 Å². The molecule has 0 aliphatic heterocycles. The number of benzene rings is 2. The van der Waals surface area contributed by atoms with Crippen LogP contribution in [-0.2, 0) is 23.7 Å². The van der Waals surface area contributed by atoms with E-state index in [-0.39, 0.29) is 12.2 Å². The van der Waals surface area contributed by atoms with Crippen molar-refractivity contribution >= 4 is 17.9 Å². The van der Waals surface area contributed by atoms with Crippen LogP contribution < -0.4 is 0 Å². The van der Waals surface area contributed by atoms with Crippen molar-refractivity contribution < 1.29 is 38.4 Å². The summed E-state index contributed by atoms with van der Waals surface area (Å²) in [6.07, 6.45) is -0.515. The highest BCUT2D eigenvalue weighted by molar-refractivity contribution is 5.90. The van der Waals surface area contributed by atoms with Gasteiger partial charge in [-0.15, -0.1) is 0 Å². The smallest absolute Gasteiger partial charge is 0.338 e. The average molecular weight is 454 g/mol. The van der Waals surface area contributed by atoms with Crippen molar-refractivity contribution in [1.82, 2.24) is 0 Å². The number of rotatable bonds is 8. The van der Waals surface area contributed by atoms with Crippen LogP contribution in [0.5, 0.6) is 0 Å². The highest BCUT2D eigenvalue weighted by Gasteiger charge is 2.54. The fraction of sp³-hybridized carbons (Fsp3) is 0.320. The molecule has 4 atom stereocenters. The van der Waals surface area contributed by atoms with Crippen LogP contribution in [0.25, 0.3) is 0 Å². The third-order valence-corrected chi connectivity index (χ3v) is 5.10. The van der Waals surface area contributed by atoms with Crippen LogP contribution in [0.15, 0.2) is 72.8 Å². The van der Waals surface area contributed by atoms with Crippen LogP contribution in [0.1, 0.15) is 34.6 Å². The van der Waals surface area contributed by atoms with E-state index in [0.717, 1.165) is 0 Å². The monoisotopic (exact) mass is 454 g/mol. The van der Waals surface area contributed by atoms with E-state index in [1.807, 2.05) is 0 Å². The van der Waals surface area contributed by atoms with E-state index in [2.05, 4.69) is 0 Å². The van der Waals surface area contributed by atoms with Crippen molar-refractivity contribution in [2.75, 3.05) is 13.2 Å². The lowest BCUT2D eigenvalue weighted by atomic mass is 9.82. The van der Waals surface area contributed by atoms with Crippen LogP contribution in [-0.4, -0.2) is 60.1 Å². The van der Waals surface area contributed by atoms with Gasteiger partial charge in [0.2, 0.25) is 0 Å². The molecule has 0 spiro atoms. The first-order valence-electron chi connectivity index (χ1n) is 10.5. The molecular formula is C25H26O8. The fourth-order valence-electron chi connectivity index (χ4n) is 3.52. The molecule has 0 saturated carbocycles. The zero-order chi connectivity index (χ0) is 23.8. The summed E-state index contributed by atoms with van der Waals surface area (Å²) in [6.45, 7) is 2.56. The molecule has 0 amide bonds. The van der Waals surface area contributed by atoms with Crippen molar-refractivity contribution in [1.29, 1.82) is 0 Å². The van der Waals surface area contributed by atoms with Gasteiger partial charge in [0.1, 0.15) is 12.7 Å². The minimum absolute atomic E-state index is 0.227. The summed E-state index contributed by atoms with van der Waals surface area (Å²) in [5, 5.41) is 11.6. The number of aliphatic hydroxyl groups is 1. The second kappa shape index (κ2) is 10.9. The third-order valence-electron chi connectivity index (χ3n) is 5.10. The van der Waals surface area contributed by atoms with Crippen LogP contribution in [0.2, 0.25) is 0 Å². The van der Waals surface area contributed by atoms with E-state index >= 15 is 0 Å². The molecule has 0 radical (unpaired) electrons. The predicted octanol–water partition coefficient (Wildman–Crippen LogP) is 2.71. The first kappa shape index (κ1) is 24.2. The van der Waals surface area contributed by atoms with Gasteiger partial charge in [0.25, 0.3) is 0 Å². The van der Waals surface area contributed by atoms with E-state index < -0.39 is 48.4 Å². The van der Waals surface area contributed by atoms with Crippen molar-refractivity contribution in [3.05, 3.63) is 83.9 Å². The highest BCUT2D eigenvalue weighted by atomic mass is 16.6. The summed E-state index contributed by atoms with van der Waals surface area (Å²) < 4.78 is 21.9. The molecule has 3 rings (SSSR count). The molecule has 0 bridgehead atoms. The van der Waals surface area contributed by atoms with E-state index in [9.17, 15) is 19.5 Å². The van der Waals surface area contributed by atoms with Gasteiger partial charge in [0.15, 0.2) is 17.8 Å². The molecule has 0 saturated heterocycles. The summed E-state index contributed by atoms with van der Waals surface area (Å²) in [6, 6.07) is 16.5. The molecule has 33 heavy (non-hydrogen) atoms. The van der Waals surface area contributed by atoms with Crippen molar-refractivity contribution in [3.63, 3.8) is 0 Å². The quantitative estimate of drug-likeness (QED) is 0.369. The Morgan fingerprint density at radius 2 is 1.45 bits per heavy atom. The van der Waals surface area contributed by atoms with Gasteiger partial charge >= 0.3 is 17.9 Å². The average Bonchev–Trinajstić information content (AvgIpc) is 2.82. The largest absolute Gasteiger partial charge is 0.459 e. The number of hydrogen-bond donors (Lipinski definition) is 1. The normalized spacial score (nSPS) is 24.0. The molecule has 0 fully saturated rings. The van der Waals surface area contributed by atoms with Gasteiger partial charge in [-0.2, -0.15) is 0 Å². The highest BCUT2D eigenvalue weighted by Crippen LogP contribution is 2.32. The molecule has 0 aromatic heterocycles. The lowest BCUT2D eigenvalue weighted by Crippen LogP contribution is -2.63. The second-order valence-electron chi connectivity index (χ2n) is 7.46. The number of carbonyl (C=O) groups excluding carboxylic acids is 3. The maximum Gasteiger partial charge on any atom is 0.338 e. The summed E-state index contributed by atoms with van der Waals surface area (Å²) in [7, 11) is 0. The van der Waals surface area contributed by atoms with Gasteiger partial charge in [0, 0.05) is 13.5 Å². The van der Waals surface area contributed by atoms with Crippen molar-refractivity contribution in [3.8, 4) is 0 Å². The molecule has 2 aromatic rings. The molecule has 8 heteroatoms. The zero-order valence-electron chi connectivity index (χ0n) is 18.4. The van der Waals surface area contributed by atoms with Crippen LogP contribution in [0.3, 0.4) is 0 Å². The summed E-state index contributed by atoms with van der Waals surface area (Å²) in [5.41, 5.74) is -1.43. The molecule has 0 heterocycles.